The minimum Gasteiger partial charge on any atom is -0.460 e. The number of aryl methyl sites for hydroxylation is 1. The highest BCUT2D eigenvalue weighted by atomic mass is 35.5. The van der Waals surface area contributed by atoms with Crippen molar-refractivity contribution >= 4 is 28.7 Å². The van der Waals surface area contributed by atoms with E-state index in [0.29, 0.717) is 16.6 Å². The number of ether oxygens (including phenoxy) is 1. The Morgan fingerprint density at radius 1 is 1.25 bits per heavy atom. The molecule has 28 heavy (non-hydrogen) atoms. The van der Waals surface area contributed by atoms with Crippen molar-refractivity contribution < 1.29 is 9.53 Å². The third kappa shape index (κ3) is 3.11. The zero-order chi connectivity index (χ0) is 20.0. The van der Waals surface area contributed by atoms with E-state index in [9.17, 15) is 14.4 Å². The Labute approximate surface area is 164 Å². The average Bonchev–Trinajstić information content (AvgIpc) is 3.44. The molecule has 1 aliphatic carbocycles. The second-order valence-corrected chi connectivity index (χ2v) is 7.19. The topological polar surface area (TPSA) is 101 Å². The Bertz CT molecular complexity index is 1210. The Kier molecular flexibility index (Phi) is 4.54. The summed E-state index contributed by atoms with van der Waals surface area (Å²) in [6.45, 7) is 0.268. The van der Waals surface area contributed by atoms with Gasteiger partial charge in [-0.3, -0.25) is 13.9 Å². The van der Waals surface area contributed by atoms with Gasteiger partial charge in [0, 0.05) is 20.3 Å². The fourth-order valence-electron chi connectivity index (χ4n) is 3.14. The summed E-state index contributed by atoms with van der Waals surface area (Å²) in [6.07, 6.45) is 4.94. The molecule has 10 heteroatoms. The summed E-state index contributed by atoms with van der Waals surface area (Å²) in [6, 6.07) is 1.73. The van der Waals surface area contributed by atoms with Gasteiger partial charge in [0.2, 0.25) is 0 Å². The molecule has 0 aliphatic heterocycles. The number of pyridine rings is 1. The fourth-order valence-corrected chi connectivity index (χ4v) is 3.40. The van der Waals surface area contributed by atoms with Crippen LogP contribution in [0, 0.1) is 0 Å². The van der Waals surface area contributed by atoms with E-state index in [1.165, 1.54) is 24.1 Å². The number of rotatable bonds is 5. The normalized spacial score (nSPS) is 13.8. The summed E-state index contributed by atoms with van der Waals surface area (Å²) < 4.78 is 9.21. The van der Waals surface area contributed by atoms with E-state index in [1.54, 1.807) is 17.7 Å². The smallest absolute Gasteiger partial charge is 0.339 e. The van der Waals surface area contributed by atoms with E-state index in [2.05, 4.69) is 9.97 Å². The van der Waals surface area contributed by atoms with Gasteiger partial charge in [-0.25, -0.2) is 19.6 Å². The Morgan fingerprint density at radius 2 is 2.00 bits per heavy atom. The number of esters is 1. The van der Waals surface area contributed by atoms with Crippen molar-refractivity contribution in [3.05, 3.63) is 55.7 Å². The van der Waals surface area contributed by atoms with Gasteiger partial charge in [-0.05, 0) is 30.4 Å². The summed E-state index contributed by atoms with van der Waals surface area (Å²) in [5.74, 6) is -0.135. The van der Waals surface area contributed by atoms with Crippen molar-refractivity contribution in [3.8, 4) is 0 Å². The number of hydrogen-bond acceptors (Lipinski definition) is 6. The predicted octanol–water partition coefficient (Wildman–Crippen LogP) is 1.22. The highest BCUT2D eigenvalue weighted by molar-refractivity contribution is 6.30. The third-order valence-electron chi connectivity index (χ3n) is 4.90. The van der Waals surface area contributed by atoms with Gasteiger partial charge in [0.25, 0.3) is 5.56 Å². The molecule has 3 aromatic rings. The molecule has 9 nitrogen and oxygen atoms in total. The quantitative estimate of drug-likeness (QED) is 0.469. The summed E-state index contributed by atoms with van der Waals surface area (Å²) in [4.78, 5) is 44.9. The highest BCUT2D eigenvalue weighted by Gasteiger charge is 2.27. The van der Waals surface area contributed by atoms with Gasteiger partial charge in [0.15, 0.2) is 11.2 Å². The van der Waals surface area contributed by atoms with Crippen LogP contribution in [-0.4, -0.2) is 36.2 Å². The number of carbonyl (C=O) groups excluding carboxylic acids is 1. The lowest BCUT2D eigenvalue weighted by Crippen LogP contribution is -2.37. The molecule has 4 rings (SSSR count). The van der Waals surface area contributed by atoms with Crippen LogP contribution >= 0.6 is 11.6 Å². The van der Waals surface area contributed by atoms with E-state index in [1.807, 2.05) is 0 Å². The van der Waals surface area contributed by atoms with Crippen molar-refractivity contribution in [1.82, 2.24) is 23.7 Å². The summed E-state index contributed by atoms with van der Waals surface area (Å²) in [5.41, 5.74) is 0.898. The van der Waals surface area contributed by atoms with Crippen LogP contribution in [0.5, 0.6) is 0 Å². The number of nitrogens with zero attached hydrogens (tertiary/aromatic N) is 5. The summed E-state index contributed by atoms with van der Waals surface area (Å²) >= 11 is 6.09. The molecule has 1 fully saturated rings. The van der Waals surface area contributed by atoms with Crippen LogP contribution < -0.4 is 11.2 Å². The molecule has 0 radical (unpaired) electrons. The zero-order valence-electron chi connectivity index (χ0n) is 15.4. The van der Waals surface area contributed by atoms with E-state index < -0.39 is 17.2 Å². The van der Waals surface area contributed by atoms with Crippen LogP contribution in [0.1, 0.15) is 34.7 Å². The lowest BCUT2D eigenvalue weighted by atomic mass is 10.1. The van der Waals surface area contributed by atoms with Gasteiger partial charge < -0.3 is 9.30 Å². The first-order valence-corrected chi connectivity index (χ1v) is 9.19. The molecule has 0 bridgehead atoms. The van der Waals surface area contributed by atoms with Gasteiger partial charge in [-0.2, -0.15) is 0 Å². The SMILES string of the molecule is Cn1c(=O)c2c(ncn2CCOC(=O)c2cnc(Cl)c(C3CC3)c2)n(C)c1=O. The van der Waals surface area contributed by atoms with E-state index in [4.69, 9.17) is 16.3 Å². The van der Waals surface area contributed by atoms with Crippen molar-refractivity contribution in [1.29, 1.82) is 0 Å². The Hall–Kier alpha value is -2.94. The Balaban J connectivity index is 1.50. The molecule has 0 amide bonds. The standard InChI is InChI=1S/C18H18ClN5O4/c1-22-15-13(16(25)23(2)18(22)27)24(9-21-15)5-6-28-17(26)11-7-12(10-3-4-10)14(19)20-8-11/h7-10H,3-6H2,1-2H3. The zero-order valence-corrected chi connectivity index (χ0v) is 16.1. The van der Waals surface area contributed by atoms with Crippen molar-refractivity contribution in [3.63, 3.8) is 0 Å². The fraction of sp³-hybridized carbons (Fsp3) is 0.389. The molecule has 0 spiro atoms. The van der Waals surface area contributed by atoms with Crippen LogP contribution in [0.2, 0.25) is 5.15 Å². The summed E-state index contributed by atoms with van der Waals surface area (Å²) in [7, 11) is 2.96. The number of hydrogen-bond donors (Lipinski definition) is 0. The van der Waals surface area contributed by atoms with Gasteiger partial charge in [-0.15, -0.1) is 0 Å². The van der Waals surface area contributed by atoms with Crippen LogP contribution in [0.15, 0.2) is 28.2 Å². The van der Waals surface area contributed by atoms with Gasteiger partial charge in [-0.1, -0.05) is 11.6 Å². The molecular weight excluding hydrogens is 386 g/mol. The highest BCUT2D eigenvalue weighted by Crippen LogP contribution is 2.42. The Morgan fingerprint density at radius 3 is 2.71 bits per heavy atom. The second-order valence-electron chi connectivity index (χ2n) is 6.83. The molecular formula is C18H18ClN5O4. The van der Waals surface area contributed by atoms with E-state index >= 15 is 0 Å². The minimum absolute atomic E-state index is 0.0394. The van der Waals surface area contributed by atoms with Crippen molar-refractivity contribution in [2.45, 2.75) is 25.3 Å². The van der Waals surface area contributed by atoms with Crippen LogP contribution in [0.3, 0.4) is 0 Å². The molecule has 3 aromatic heterocycles. The molecule has 0 aromatic carbocycles. The van der Waals surface area contributed by atoms with Gasteiger partial charge in [0.1, 0.15) is 11.8 Å². The number of carbonyl (C=O) groups is 1. The molecule has 1 aliphatic rings. The van der Waals surface area contributed by atoms with Gasteiger partial charge in [0.05, 0.1) is 18.4 Å². The summed E-state index contributed by atoms with van der Waals surface area (Å²) in [5, 5.41) is 0.422. The largest absolute Gasteiger partial charge is 0.460 e. The predicted molar refractivity (Wildman–Crippen MR) is 102 cm³/mol. The maximum absolute atomic E-state index is 12.4. The minimum atomic E-state index is -0.504. The average molecular weight is 404 g/mol. The molecule has 3 heterocycles. The van der Waals surface area contributed by atoms with Crippen LogP contribution in [-0.2, 0) is 25.4 Å². The van der Waals surface area contributed by atoms with E-state index in [-0.39, 0.29) is 24.3 Å². The first-order valence-electron chi connectivity index (χ1n) is 8.82. The molecule has 0 saturated heterocycles. The lowest BCUT2D eigenvalue weighted by Gasteiger charge is -2.09. The molecule has 0 unspecified atom stereocenters. The molecule has 146 valence electrons. The van der Waals surface area contributed by atoms with Crippen molar-refractivity contribution in [2.75, 3.05) is 6.61 Å². The van der Waals surface area contributed by atoms with Gasteiger partial charge >= 0.3 is 11.7 Å². The molecule has 1 saturated carbocycles. The monoisotopic (exact) mass is 403 g/mol. The first kappa shape index (κ1) is 18.4. The molecule has 0 atom stereocenters. The van der Waals surface area contributed by atoms with Crippen LogP contribution in [0.25, 0.3) is 11.2 Å². The third-order valence-corrected chi connectivity index (χ3v) is 5.22. The second kappa shape index (κ2) is 6.90. The first-order chi connectivity index (χ1) is 13.4. The number of imidazole rings is 1. The maximum Gasteiger partial charge on any atom is 0.339 e. The molecule has 0 N–H and O–H groups in total. The number of halogens is 1. The van der Waals surface area contributed by atoms with Crippen molar-refractivity contribution in [2.24, 2.45) is 14.1 Å². The van der Waals surface area contributed by atoms with Crippen LogP contribution in [0.4, 0.5) is 0 Å². The number of aromatic nitrogens is 5. The van der Waals surface area contributed by atoms with E-state index in [0.717, 1.165) is 23.0 Å². The number of fused-ring (bicyclic) bond motifs is 1. The maximum atomic E-state index is 12.4. The lowest BCUT2D eigenvalue weighted by molar-refractivity contribution is 0.0491.